The van der Waals surface area contributed by atoms with E-state index in [1.165, 1.54) is 26.9 Å². The van der Waals surface area contributed by atoms with Gasteiger partial charge in [0.1, 0.15) is 5.58 Å². The first-order chi connectivity index (χ1) is 24.3. The van der Waals surface area contributed by atoms with Crippen LogP contribution in [-0.4, -0.2) is 19.9 Å². The van der Waals surface area contributed by atoms with Crippen LogP contribution in [-0.2, 0) is 0 Å². The van der Waals surface area contributed by atoms with Gasteiger partial charge in [-0.15, -0.1) is 0 Å². The second-order valence-corrected chi connectivity index (χ2v) is 12.2. The predicted octanol–water partition coefficient (Wildman–Crippen LogP) is 11.3. The standard InChI is InChI=1S/C44H26N4O/c1-3-13-28(14-4-1)41-46-42(29-15-5-2-6-16-29)48-43(47-41)34-20-11-21-38-40(34)35-24-25-37(45-44(35)49-38)36-26-30-23-22-27-12-7-8-17-31(27)39(30)33-19-10-9-18-32(33)36/h1-26H. The maximum Gasteiger partial charge on any atom is 0.227 e. The van der Waals surface area contributed by atoms with Crippen LogP contribution in [0.1, 0.15) is 0 Å². The molecule has 0 aliphatic heterocycles. The Balaban J connectivity index is 1.17. The molecule has 10 aromatic rings. The molecule has 0 amide bonds. The van der Waals surface area contributed by atoms with Crippen molar-refractivity contribution in [2.75, 3.05) is 0 Å². The van der Waals surface area contributed by atoms with Gasteiger partial charge in [-0.1, -0.05) is 133 Å². The molecule has 3 aromatic heterocycles. The lowest BCUT2D eigenvalue weighted by molar-refractivity contribution is 0.654. The third-order valence-corrected chi connectivity index (χ3v) is 9.33. The van der Waals surface area contributed by atoms with Crippen molar-refractivity contribution < 1.29 is 4.42 Å². The van der Waals surface area contributed by atoms with Crippen molar-refractivity contribution >= 4 is 54.4 Å². The smallest absolute Gasteiger partial charge is 0.227 e. The molecule has 0 bridgehead atoms. The number of hydrogen-bond donors (Lipinski definition) is 0. The molecule has 10 rings (SSSR count). The van der Waals surface area contributed by atoms with Crippen LogP contribution in [0.2, 0.25) is 0 Å². The quantitative estimate of drug-likeness (QED) is 0.182. The molecule has 0 radical (unpaired) electrons. The largest absolute Gasteiger partial charge is 0.438 e. The summed E-state index contributed by atoms with van der Waals surface area (Å²) in [7, 11) is 0. The van der Waals surface area contributed by atoms with Crippen molar-refractivity contribution in [3.8, 4) is 45.4 Å². The van der Waals surface area contributed by atoms with E-state index in [1.807, 2.05) is 78.9 Å². The van der Waals surface area contributed by atoms with Gasteiger partial charge in [0.2, 0.25) is 5.71 Å². The zero-order valence-corrected chi connectivity index (χ0v) is 26.2. The minimum atomic E-state index is 0.572. The summed E-state index contributed by atoms with van der Waals surface area (Å²) in [6.07, 6.45) is 0. The molecule has 0 spiro atoms. The van der Waals surface area contributed by atoms with Gasteiger partial charge in [0.25, 0.3) is 0 Å². The Bertz CT molecular complexity index is 2820. The molecule has 5 nitrogen and oxygen atoms in total. The molecule has 5 heteroatoms. The summed E-state index contributed by atoms with van der Waals surface area (Å²) < 4.78 is 6.48. The first kappa shape index (κ1) is 27.4. The summed E-state index contributed by atoms with van der Waals surface area (Å²) in [5.74, 6) is 1.81. The highest BCUT2D eigenvalue weighted by molar-refractivity contribution is 6.23. The van der Waals surface area contributed by atoms with Crippen LogP contribution in [0.15, 0.2) is 162 Å². The predicted molar refractivity (Wildman–Crippen MR) is 199 cm³/mol. The van der Waals surface area contributed by atoms with E-state index in [1.54, 1.807) is 0 Å². The molecule has 0 N–H and O–H groups in total. The first-order valence-electron chi connectivity index (χ1n) is 16.3. The molecule has 7 aromatic carbocycles. The highest BCUT2D eigenvalue weighted by Gasteiger charge is 2.19. The summed E-state index contributed by atoms with van der Waals surface area (Å²) >= 11 is 0. The van der Waals surface area contributed by atoms with E-state index < -0.39 is 0 Å². The zero-order chi connectivity index (χ0) is 32.3. The molecule has 0 atom stereocenters. The fraction of sp³-hybridized carbons (Fsp3) is 0. The van der Waals surface area contributed by atoms with Gasteiger partial charge in [-0.3, -0.25) is 0 Å². The third kappa shape index (κ3) is 4.48. The monoisotopic (exact) mass is 626 g/mol. The third-order valence-electron chi connectivity index (χ3n) is 9.33. The van der Waals surface area contributed by atoms with Gasteiger partial charge in [-0.2, -0.15) is 0 Å². The highest BCUT2D eigenvalue weighted by Crippen LogP contribution is 2.40. The lowest BCUT2D eigenvalue weighted by Gasteiger charge is -2.12. The van der Waals surface area contributed by atoms with Crippen LogP contribution in [0, 0.1) is 0 Å². The Hall–Kier alpha value is -6.72. The van der Waals surface area contributed by atoms with Crippen molar-refractivity contribution in [1.29, 1.82) is 0 Å². The Morgan fingerprint density at radius 1 is 0.367 bits per heavy atom. The maximum atomic E-state index is 6.48. The number of hydrogen-bond acceptors (Lipinski definition) is 5. The highest BCUT2D eigenvalue weighted by atomic mass is 16.3. The van der Waals surface area contributed by atoms with E-state index in [4.69, 9.17) is 24.4 Å². The van der Waals surface area contributed by atoms with Crippen LogP contribution in [0.25, 0.3) is 99.8 Å². The molecular weight excluding hydrogens is 601 g/mol. The number of fused-ring (bicyclic) bond motifs is 8. The molecular formula is C44H26N4O. The number of furan rings is 1. The lowest BCUT2D eigenvalue weighted by atomic mass is 9.92. The molecule has 228 valence electrons. The fourth-order valence-electron chi connectivity index (χ4n) is 7.06. The average molecular weight is 627 g/mol. The van der Waals surface area contributed by atoms with Gasteiger partial charge in [-0.25, -0.2) is 19.9 Å². The van der Waals surface area contributed by atoms with Crippen LogP contribution in [0.3, 0.4) is 0 Å². The van der Waals surface area contributed by atoms with Crippen molar-refractivity contribution in [3.63, 3.8) is 0 Å². The van der Waals surface area contributed by atoms with Crippen LogP contribution >= 0.6 is 0 Å². The second kappa shape index (κ2) is 10.9. The number of rotatable bonds is 4. The van der Waals surface area contributed by atoms with Gasteiger partial charge >= 0.3 is 0 Å². The van der Waals surface area contributed by atoms with Gasteiger partial charge in [0.05, 0.1) is 5.69 Å². The summed E-state index contributed by atoms with van der Waals surface area (Å²) in [4.78, 5) is 20.0. The summed E-state index contributed by atoms with van der Waals surface area (Å²) in [6.45, 7) is 0. The molecule has 0 aliphatic rings. The van der Waals surface area contributed by atoms with E-state index in [0.717, 1.165) is 49.7 Å². The van der Waals surface area contributed by atoms with E-state index >= 15 is 0 Å². The number of benzene rings is 7. The van der Waals surface area contributed by atoms with Crippen LogP contribution < -0.4 is 0 Å². The van der Waals surface area contributed by atoms with Gasteiger partial charge in [0.15, 0.2) is 17.5 Å². The number of aromatic nitrogens is 4. The van der Waals surface area contributed by atoms with Gasteiger partial charge in [-0.05, 0) is 56.6 Å². The molecule has 3 heterocycles. The van der Waals surface area contributed by atoms with E-state index in [-0.39, 0.29) is 0 Å². The zero-order valence-electron chi connectivity index (χ0n) is 26.2. The Kier molecular flexibility index (Phi) is 6.11. The number of pyridine rings is 1. The molecule has 0 saturated heterocycles. The van der Waals surface area contributed by atoms with E-state index in [9.17, 15) is 0 Å². The van der Waals surface area contributed by atoms with Crippen molar-refractivity contribution in [3.05, 3.63) is 158 Å². The van der Waals surface area contributed by atoms with Crippen molar-refractivity contribution in [2.24, 2.45) is 0 Å². The molecule has 0 saturated carbocycles. The second-order valence-electron chi connectivity index (χ2n) is 12.2. The Morgan fingerprint density at radius 3 is 1.76 bits per heavy atom. The molecule has 0 aliphatic carbocycles. The minimum absolute atomic E-state index is 0.572. The topological polar surface area (TPSA) is 64.7 Å². The fourth-order valence-corrected chi connectivity index (χ4v) is 7.06. The summed E-state index contributed by atoms with van der Waals surface area (Å²) in [6, 6.07) is 54.1. The normalized spacial score (nSPS) is 11.7. The minimum Gasteiger partial charge on any atom is -0.438 e. The van der Waals surface area contributed by atoms with Crippen LogP contribution in [0.5, 0.6) is 0 Å². The maximum absolute atomic E-state index is 6.48. The Morgan fingerprint density at radius 2 is 1.00 bits per heavy atom. The number of nitrogens with zero attached hydrogens (tertiary/aromatic N) is 4. The molecule has 0 unspecified atom stereocenters. The summed E-state index contributed by atoms with van der Waals surface area (Å²) in [5.41, 5.74) is 5.95. The average Bonchev–Trinajstić information content (AvgIpc) is 3.56. The van der Waals surface area contributed by atoms with Gasteiger partial charge in [0, 0.05) is 33.0 Å². The lowest BCUT2D eigenvalue weighted by Crippen LogP contribution is -2.00. The van der Waals surface area contributed by atoms with Crippen molar-refractivity contribution in [1.82, 2.24) is 19.9 Å². The molecule has 0 fully saturated rings. The summed E-state index contributed by atoms with van der Waals surface area (Å²) in [5, 5.41) is 9.12. The van der Waals surface area contributed by atoms with Gasteiger partial charge < -0.3 is 4.42 Å². The van der Waals surface area contributed by atoms with E-state index in [2.05, 4.69) is 78.9 Å². The molecule has 49 heavy (non-hydrogen) atoms. The Labute approximate surface area is 281 Å². The van der Waals surface area contributed by atoms with Crippen LogP contribution in [0.4, 0.5) is 0 Å². The first-order valence-corrected chi connectivity index (χ1v) is 16.3. The SMILES string of the molecule is c1ccc(-c2nc(-c3ccccc3)nc(-c3cccc4oc5nc(-c6cc7ccc8ccccc8c7c7ccccc67)ccc5c34)n2)cc1. The van der Waals surface area contributed by atoms with E-state index in [0.29, 0.717) is 23.2 Å². The van der Waals surface area contributed by atoms with Crippen molar-refractivity contribution in [2.45, 2.75) is 0 Å².